The van der Waals surface area contributed by atoms with Gasteiger partial charge in [-0.05, 0) is 18.2 Å². The number of para-hydroxylation sites is 1. The van der Waals surface area contributed by atoms with E-state index in [0.29, 0.717) is 10.8 Å². The predicted octanol–water partition coefficient (Wildman–Crippen LogP) is 2.52. The van der Waals surface area contributed by atoms with Gasteiger partial charge in [-0.3, -0.25) is 0 Å². The molecule has 1 aromatic heterocycles. The first-order valence-electron chi connectivity index (χ1n) is 5.33. The van der Waals surface area contributed by atoms with Crippen molar-refractivity contribution < 1.29 is 0 Å². The van der Waals surface area contributed by atoms with Gasteiger partial charge in [-0.25, -0.2) is 9.97 Å². The number of hydrogen-bond donors (Lipinski definition) is 1. The SMILES string of the molecule is N#CC(C(=S)Nc1ccccc1)c1ncccn1. The molecule has 0 aliphatic carbocycles. The Morgan fingerprint density at radius 2 is 1.83 bits per heavy atom. The van der Waals surface area contributed by atoms with Crippen LogP contribution in [0.2, 0.25) is 0 Å². The maximum Gasteiger partial charge on any atom is 0.156 e. The first kappa shape index (κ1) is 12.1. The standard InChI is InChI=1S/C13H10N4S/c14-9-11(12-15-7-4-8-16-12)13(18)17-10-5-2-1-3-6-10/h1-8,11H,(H,17,18). The number of rotatable bonds is 3. The number of anilines is 1. The van der Waals surface area contributed by atoms with Crippen molar-refractivity contribution in [2.24, 2.45) is 0 Å². The van der Waals surface area contributed by atoms with Crippen molar-refractivity contribution in [2.75, 3.05) is 5.32 Å². The second-order valence-corrected chi connectivity index (χ2v) is 3.96. The van der Waals surface area contributed by atoms with Crippen molar-refractivity contribution in [3.05, 3.63) is 54.6 Å². The molecule has 1 aromatic carbocycles. The topological polar surface area (TPSA) is 61.6 Å². The van der Waals surface area contributed by atoms with E-state index in [0.717, 1.165) is 5.69 Å². The van der Waals surface area contributed by atoms with E-state index < -0.39 is 5.92 Å². The van der Waals surface area contributed by atoms with Crippen LogP contribution >= 0.6 is 12.2 Å². The molecule has 1 atom stereocenters. The molecule has 2 aromatic rings. The van der Waals surface area contributed by atoms with E-state index in [1.807, 2.05) is 30.3 Å². The normalized spacial score (nSPS) is 11.3. The van der Waals surface area contributed by atoms with Gasteiger partial charge in [0.25, 0.3) is 0 Å². The van der Waals surface area contributed by atoms with Crippen molar-refractivity contribution in [3.63, 3.8) is 0 Å². The molecule has 1 heterocycles. The minimum absolute atomic E-state index is 0.398. The van der Waals surface area contributed by atoms with Gasteiger partial charge in [0.05, 0.1) is 6.07 Å². The van der Waals surface area contributed by atoms with Gasteiger partial charge in [-0.2, -0.15) is 5.26 Å². The van der Waals surface area contributed by atoms with Crippen LogP contribution in [0.15, 0.2) is 48.8 Å². The van der Waals surface area contributed by atoms with E-state index in [-0.39, 0.29) is 0 Å². The van der Waals surface area contributed by atoms with Crippen molar-refractivity contribution >= 4 is 22.9 Å². The fraction of sp³-hybridized carbons (Fsp3) is 0.0769. The van der Waals surface area contributed by atoms with E-state index in [9.17, 15) is 5.26 Å². The highest BCUT2D eigenvalue weighted by Gasteiger charge is 2.18. The molecule has 0 saturated heterocycles. The third-order valence-corrected chi connectivity index (χ3v) is 2.61. The summed E-state index contributed by atoms with van der Waals surface area (Å²) in [6.45, 7) is 0. The summed E-state index contributed by atoms with van der Waals surface area (Å²) in [7, 11) is 0. The zero-order chi connectivity index (χ0) is 12.8. The predicted molar refractivity (Wildman–Crippen MR) is 73.0 cm³/mol. The Kier molecular flexibility index (Phi) is 3.94. The van der Waals surface area contributed by atoms with E-state index in [2.05, 4.69) is 21.4 Å². The molecular formula is C13H10N4S. The molecule has 0 amide bonds. The summed E-state index contributed by atoms with van der Waals surface area (Å²) in [4.78, 5) is 8.50. The molecule has 0 fully saturated rings. The van der Waals surface area contributed by atoms with Gasteiger partial charge >= 0.3 is 0 Å². The minimum atomic E-state index is -0.638. The zero-order valence-corrected chi connectivity index (χ0v) is 10.3. The van der Waals surface area contributed by atoms with Gasteiger partial charge in [-0.1, -0.05) is 30.4 Å². The summed E-state index contributed by atoms with van der Waals surface area (Å²) in [6.07, 6.45) is 3.19. The molecule has 88 valence electrons. The lowest BCUT2D eigenvalue weighted by molar-refractivity contribution is 0.950. The molecule has 5 heteroatoms. The average Bonchev–Trinajstić information content (AvgIpc) is 2.42. The molecule has 4 nitrogen and oxygen atoms in total. The van der Waals surface area contributed by atoms with E-state index >= 15 is 0 Å². The van der Waals surface area contributed by atoms with Crippen LogP contribution in [0.25, 0.3) is 0 Å². The number of aromatic nitrogens is 2. The lowest BCUT2D eigenvalue weighted by Crippen LogP contribution is -2.19. The van der Waals surface area contributed by atoms with Crippen LogP contribution in [0, 0.1) is 11.3 Å². The third-order valence-electron chi connectivity index (χ3n) is 2.28. The van der Waals surface area contributed by atoms with Crippen LogP contribution in [-0.2, 0) is 0 Å². The fourth-order valence-corrected chi connectivity index (χ4v) is 1.71. The van der Waals surface area contributed by atoms with Crippen LogP contribution in [0.4, 0.5) is 5.69 Å². The highest BCUT2D eigenvalue weighted by molar-refractivity contribution is 7.80. The Morgan fingerprint density at radius 3 is 2.44 bits per heavy atom. The van der Waals surface area contributed by atoms with Crippen molar-refractivity contribution in [2.45, 2.75) is 5.92 Å². The molecule has 18 heavy (non-hydrogen) atoms. The third kappa shape index (κ3) is 2.87. The van der Waals surface area contributed by atoms with E-state index in [4.69, 9.17) is 12.2 Å². The first-order valence-corrected chi connectivity index (χ1v) is 5.74. The van der Waals surface area contributed by atoms with Crippen molar-refractivity contribution in [3.8, 4) is 6.07 Å². The smallest absolute Gasteiger partial charge is 0.156 e. The largest absolute Gasteiger partial charge is 0.349 e. The maximum atomic E-state index is 9.17. The van der Waals surface area contributed by atoms with Gasteiger partial charge in [0.2, 0.25) is 0 Å². The molecule has 2 rings (SSSR count). The molecule has 0 aliphatic heterocycles. The monoisotopic (exact) mass is 254 g/mol. The summed E-state index contributed by atoms with van der Waals surface area (Å²) in [5.74, 6) is -0.227. The van der Waals surface area contributed by atoms with Gasteiger partial charge in [0.1, 0.15) is 4.99 Å². The van der Waals surface area contributed by atoms with E-state index in [1.165, 1.54) is 0 Å². The summed E-state index contributed by atoms with van der Waals surface area (Å²) in [5.41, 5.74) is 0.846. The summed E-state index contributed by atoms with van der Waals surface area (Å²) >= 11 is 5.23. The number of nitrogens with one attached hydrogen (secondary N) is 1. The fourth-order valence-electron chi connectivity index (χ4n) is 1.43. The Balaban J connectivity index is 2.15. The molecule has 0 spiro atoms. The highest BCUT2D eigenvalue weighted by Crippen LogP contribution is 2.15. The van der Waals surface area contributed by atoms with Gasteiger partial charge in [-0.15, -0.1) is 0 Å². The van der Waals surface area contributed by atoms with Crippen molar-refractivity contribution in [1.82, 2.24) is 9.97 Å². The van der Waals surface area contributed by atoms with Crippen LogP contribution < -0.4 is 5.32 Å². The number of nitriles is 1. The Morgan fingerprint density at radius 1 is 1.17 bits per heavy atom. The Bertz CT molecular complexity index is 563. The van der Waals surface area contributed by atoms with E-state index in [1.54, 1.807) is 18.5 Å². The summed E-state index contributed by atoms with van der Waals surface area (Å²) in [5, 5.41) is 12.2. The lowest BCUT2D eigenvalue weighted by atomic mass is 10.1. The quantitative estimate of drug-likeness (QED) is 0.853. The lowest BCUT2D eigenvalue weighted by Gasteiger charge is -2.11. The van der Waals surface area contributed by atoms with Crippen LogP contribution in [-0.4, -0.2) is 15.0 Å². The average molecular weight is 254 g/mol. The minimum Gasteiger partial charge on any atom is -0.349 e. The van der Waals surface area contributed by atoms with Gasteiger partial charge in [0, 0.05) is 18.1 Å². The van der Waals surface area contributed by atoms with Gasteiger partial charge < -0.3 is 5.32 Å². The Hall–Kier alpha value is -2.32. The number of benzene rings is 1. The summed E-state index contributed by atoms with van der Waals surface area (Å²) in [6, 6.07) is 13.3. The molecule has 0 radical (unpaired) electrons. The molecule has 0 aliphatic rings. The molecule has 0 saturated carbocycles. The molecular weight excluding hydrogens is 244 g/mol. The maximum absolute atomic E-state index is 9.17. The second kappa shape index (κ2) is 5.84. The molecule has 0 bridgehead atoms. The molecule has 1 unspecified atom stereocenters. The first-order chi connectivity index (χ1) is 8.81. The second-order valence-electron chi connectivity index (χ2n) is 3.52. The van der Waals surface area contributed by atoms with Crippen LogP contribution in [0.3, 0.4) is 0 Å². The number of thiocarbonyl (C=S) groups is 1. The summed E-state index contributed by atoms with van der Waals surface area (Å²) < 4.78 is 0. The van der Waals surface area contributed by atoms with Crippen molar-refractivity contribution in [1.29, 1.82) is 5.26 Å². The molecule has 1 N–H and O–H groups in total. The van der Waals surface area contributed by atoms with Gasteiger partial charge in [0.15, 0.2) is 11.7 Å². The zero-order valence-electron chi connectivity index (χ0n) is 9.45. The Labute approximate surface area is 110 Å². The van der Waals surface area contributed by atoms with Crippen LogP contribution in [0.1, 0.15) is 11.7 Å². The van der Waals surface area contributed by atoms with Crippen LogP contribution in [0.5, 0.6) is 0 Å². The highest BCUT2D eigenvalue weighted by atomic mass is 32.1. The number of nitrogens with zero attached hydrogens (tertiary/aromatic N) is 3. The number of hydrogen-bond acceptors (Lipinski definition) is 4.